The maximum absolute atomic E-state index is 8.46. The van der Waals surface area contributed by atoms with Crippen LogP contribution in [0.15, 0.2) is 72.8 Å². The van der Waals surface area contributed by atoms with Crippen molar-refractivity contribution in [1.82, 2.24) is 20.9 Å². The fraction of sp³-hybridized carbons (Fsp3) is 0.660. The summed E-state index contributed by atoms with van der Waals surface area (Å²) in [6.07, 6.45) is 14.6. The highest BCUT2D eigenvalue weighted by Gasteiger charge is 2.19. The third-order valence-corrected chi connectivity index (χ3v) is 11.9. The zero-order valence-corrected chi connectivity index (χ0v) is 44.7. The van der Waals surface area contributed by atoms with Gasteiger partial charge in [0.15, 0.2) is 0 Å². The molecule has 0 amide bonds. The first-order valence-electron chi connectivity index (χ1n) is 25.4. The van der Waals surface area contributed by atoms with Crippen LogP contribution in [0, 0.1) is 6.92 Å². The molecule has 0 spiro atoms. The van der Waals surface area contributed by atoms with E-state index >= 15 is 0 Å². The van der Waals surface area contributed by atoms with E-state index < -0.39 is 0 Å². The molecule has 388 valence electrons. The highest BCUT2D eigenvalue weighted by molar-refractivity contribution is 6.42. The van der Waals surface area contributed by atoms with Gasteiger partial charge in [0.2, 0.25) is 0 Å². The Morgan fingerprint density at radius 2 is 1.00 bits per heavy atom. The van der Waals surface area contributed by atoms with E-state index in [0.717, 1.165) is 71.0 Å². The SMILES string of the molecule is C1CCC(NC2CCCCC2)CC1.CCN(CC)CCO.CCN(CC)c1cccc(C)c1.CCN(CC)c1ccccc1.NCCNCCN.Nc1ccc(Cl)c(Cl)c1.OCCNCCO. The third-order valence-electron chi connectivity index (χ3n) is 11.2. The molecule has 3 aromatic carbocycles. The van der Waals surface area contributed by atoms with Crippen LogP contribution in [0.25, 0.3) is 0 Å². The van der Waals surface area contributed by atoms with Crippen LogP contribution >= 0.6 is 23.2 Å². The van der Waals surface area contributed by atoms with Gasteiger partial charge in [-0.3, -0.25) is 0 Å². The van der Waals surface area contributed by atoms with E-state index in [2.05, 4.69) is 128 Å². The highest BCUT2D eigenvalue weighted by atomic mass is 35.5. The van der Waals surface area contributed by atoms with Crippen LogP contribution in [-0.4, -0.2) is 137 Å². The molecule has 2 aliphatic carbocycles. The van der Waals surface area contributed by atoms with E-state index in [1.54, 1.807) is 18.2 Å². The summed E-state index contributed by atoms with van der Waals surface area (Å²) < 4.78 is 0. The Morgan fingerprint density at radius 3 is 1.37 bits per heavy atom. The molecule has 12 nitrogen and oxygen atoms in total. The lowest BCUT2D eigenvalue weighted by atomic mass is 9.91. The molecule has 12 N–H and O–H groups in total. The maximum Gasteiger partial charge on any atom is 0.0612 e. The number of nitrogens with zero attached hydrogens (tertiary/aromatic N) is 3. The number of nitrogens with two attached hydrogens (primary N) is 3. The van der Waals surface area contributed by atoms with Gasteiger partial charge < -0.3 is 63.2 Å². The lowest BCUT2D eigenvalue weighted by Gasteiger charge is -2.30. The van der Waals surface area contributed by atoms with Crippen LogP contribution in [0.5, 0.6) is 0 Å². The van der Waals surface area contributed by atoms with E-state index in [9.17, 15) is 0 Å². The summed E-state index contributed by atoms with van der Waals surface area (Å²) in [6, 6.07) is 25.9. The number of nitrogen functional groups attached to an aromatic ring is 1. The number of aliphatic hydroxyl groups excluding tert-OH is 3. The number of aryl methyl sites for hydroxylation is 1. The molecule has 0 radical (unpaired) electrons. The van der Waals surface area contributed by atoms with E-state index in [-0.39, 0.29) is 19.8 Å². The van der Waals surface area contributed by atoms with Crippen molar-refractivity contribution in [2.75, 3.05) is 120 Å². The summed E-state index contributed by atoms with van der Waals surface area (Å²) in [4.78, 5) is 6.87. The van der Waals surface area contributed by atoms with Crippen molar-refractivity contribution in [1.29, 1.82) is 0 Å². The average Bonchev–Trinajstić information content (AvgIpc) is 3.35. The van der Waals surface area contributed by atoms with Crippen LogP contribution in [0.1, 0.15) is 111 Å². The minimum absolute atomic E-state index is 0.139. The number of aliphatic hydroxyl groups is 3. The van der Waals surface area contributed by atoms with Crippen molar-refractivity contribution in [2.45, 2.75) is 125 Å². The smallest absolute Gasteiger partial charge is 0.0612 e. The normalized spacial score (nSPS) is 13.2. The van der Waals surface area contributed by atoms with Gasteiger partial charge in [-0.1, -0.05) is 106 Å². The Labute approximate surface area is 419 Å². The first kappa shape index (κ1) is 66.4. The zero-order chi connectivity index (χ0) is 50.3. The first-order chi connectivity index (χ1) is 32.5. The monoisotopic (exact) mass is 980 g/mol. The Hall–Kier alpha value is -2.72. The molecule has 2 aliphatic rings. The number of likely N-dealkylation sites (N-methyl/N-ethyl adjacent to an activating group) is 1. The summed E-state index contributed by atoms with van der Waals surface area (Å²) in [5, 5.41) is 35.5. The number of halogens is 2. The highest BCUT2D eigenvalue weighted by Crippen LogP contribution is 2.24. The second kappa shape index (κ2) is 48.3. The van der Waals surface area contributed by atoms with Crippen LogP contribution in [-0.2, 0) is 0 Å². The predicted octanol–water partition coefficient (Wildman–Crippen LogP) is 8.57. The summed E-state index contributed by atoms with van der Waals surface area (Å²) in [6.45, 7) is 27.1. The van der Waals surface area contributed by atoms with Gasteiger partial charge >= 0.3 is 0 Å². The van der Waals surface area contributed by atoms with E-state index in [1.165, 1.54) is 81.1 Å². The quantitative estimate of drug-likeness (QED) is 0.0389. The molecule has 0 aromatic heterocycles. The van der Waals surface area contributed by atoms with Gasteiger partial charge in [0.25, 0.3) is 0 Å². The lowest BCUT2D eigenvalue weighted by Crippen LogP contribution is -2.40. The van der Waals surface area contributed by atoms with Crippen molar-refractivity contribution in [3.63, 3.8) is 0 Å². The number of nitrogens with one attached hydrogen (secondary N) is 3. The van der Waals surface area contributed by atoms with E-state index in [0.29, 0.717) is 41.9 Å². The van der Waals surface area contributed by atoms with Crippen molar-refractivity contribution in [2.24, 2.45) is 11.5 Å². The van der Waals surface area contributed by atoms with Gasteiger partial charge in [0.1, 0.15) is 0 Å². The molecular formula is C53H99Cl2N9O3. The van der Waals surface area contributed by atoms with Gasteiger partial charge in [0.05, 0.1) is 29.9 Å². The molecule has 3 aromatic rings. The number of hydrogen-bond acceptors (Lipinski definition) is 12. The number of para-hydroxylation sites is 1. The standard InChI is InChI=1S/C12H23N.C11H17N.C10H15N.C6H5Cl2N.C6H15NO.C4H13N3.C4H11NO2/c1-3-7-11(8-4-1)13-12-9-5-2-6-10-12;1-4-12(5-2)11-8-6-7-10(3)9-11;1-3-11(4-2)10-8-6-5-7-9-10;7-5-2-1-4(9)3-6(5)8;1-3-7(4-2)5-6-8;5-1-3-7-4-2-6;6-3-1-5-2-4-7/h11-13H,1-10H2;6-9H,4-5H2,1-3H3;5-9H,3-4H2,1-2H3;1-3H,9H2;8H,3-6H2,1-2H3;7H,1-6H2;5-7H,1-4H2. The molecule has 0 atom stereocenters. The van der Waals surface area contributed by atoms with Crippen LogP contribution in [0.3, 0.4) is 0 Å². The van der Waals surface area contributed by atoms with Crippen LogP contribution in [0.4, 0.5) is 17.1 Å². The minimum atomic E-state index is 0.139. The van der Waals surface area contributed by atoms with Crippen molar-refractivity contribution in [3.05, 3.63) is 88.4 Å². The molecule has 14 heteroatoms. The van der Waals surface area contributed by atoms with Crippen LogP contribution < -0.4 is 43.0 Å². The molecular weight excluding hydrogens is 882 g/mol. The van der Waals surface area contributed by atoms with Gasteiger partial charge in [0, 0.05) is 101 Å². The minimum Gasteiger partial charge on any atom is -0.399 e. The molecule has 5 rings (SSSR count). The number of anilines is 3. The molecule has 0 bridgehead atoms. The van der Waals surface area contributed by atoms with E-state index in [4.69, 9.17) is 55.7 Å². The third kappa shape index (κ3) is 37.8. The lowest BCUT2D eigenvalue weighted by molar-refractivity contribution is 0.208. The van der Waals surface area contributed by atoms with Gasteiger partial charge in [-0.05, 0) is 121 Å². The topological polar surface area (TPSA) is 185 Å². The zero-order valence-electron chi connectivity index (χ0n) is 43.1. The number of hydrogen-bond donors (Lipinski definition) is 9. The Kier molecular flexibility index (Phi) is 47.8. The van der Waals surface area contributed by atoms with Gasteiger partial charge in [-0.25, -0.2) is 0 Å². The number of rotatable bonds is 20. The van der Waals surface area contributed by atoms with E-state index in [1.807, 2.05) is 6.07 Å². The van der Waals surface area contributed by atoms with Crippen LogP contribution in [0.2, 0.25) is 10.0 Å². The molecule has 2 fully saturated rings. The molecule has 2 saturated carbocycles. The fourth-order valence-electron chi connectivity index (χ4n) is 7.32. The summed E-state index contributed by atoms with van der Waals surface area (Å²) >= 11 is 11.2. The molecule has 0 aliphatic heterocycles. The predicted molar refractivity (Wildman–Crippen MR) is 295 cm³/mol. The largest absolute Gasteiger partial charge is 0.399 e. The Morgan fingerprint density at radius 1 is 0.537 bits per heavy atom. The maximum atomic E-state index is 8.46. The molecule has 67 heavy (non-hydrogen) atoms. The van der Waals surface area contributed by atoms with Crippen molar-refractivity contribution >= 4 is 40.3 Å². The molecule has 0 unspecified atom stereocenters. The summed E-state index contributed by atoms with van der Waals surface area (Å²) in [5.74, 6) is 0. The fourth-order valence-corrected chi connectivity index (χ4v) is 7.63. The van der Waals surface area contributed by atoms with Crippen molar-refractivity contribution in [3.8, 4) is 0 Å². The molecule has 0 heterocycles. The molecule has 0 saturated heterocycles. The first-order valence-corrected chi connectivity index (χ1v) is 26.2. The van der Waals surface area contributed by atoms with Crippen molar-refractivity contribution < 1.29 is 15.3 Å². The average molecular weight is 981 g/mol. The van der Waals surface area contributed by atoms with Gasteiger partial charge in [-0.2, -0.15) is 0 Å². The second-order valence-corrected chi connectivity index (χ2v) is 17.1. The Bertz CT molecular complexity index is 1430. The second-order valence-electron chi connectivity index (χ2n) is 16.3. The van der Waals surface area contributed by atoms with Gasteiger partial charge in [-0.15, -0.1) is 0 Å². The number of benzene rings is 3. The summed E-state index contributed by atoms with van der Waals surface area (Å²) in [7, 11) is 0. The summed E-state index contributed by atoms with van der Waals surface area (Å²) in [5.41, 5.74) is 20.3. The Balaban J connectivity index is 0.